The lowest BCUT2D eigenvalue weighted by Gasteiger charge is -2.28. The van der Waals surface area contributed by atoms with Crippen molar-refractivity contribution in [3.63, 3.8) is 0 Å². The molecular weight excluding hydrogens is 421 g/mol. The van der Waals surface area contributed by atoms with E-state index in [-0.39, 0.29) is 30.7 Å². The average molecular weight is 442 g/mol. The number of fused-ring (bicyclic) bond motifs is 3. The van der Waals surface area contributed by atoms with Crippen LogP contribution in [-0.4, -0.2) is 35.8 Å². The predicted octanol–water partition coefficient (Wildman–Crippen LogP) is 4.89. The Morgan fingerprint density at radius 2 is 1.87 bits per heavy atom. The molecule has 2 aliphatic rings. The van der Waals surface area contributed by atoms with Gasteiger partial charge in [-0.3, -0.25) is 14.5 Å². The Bertz CT molecular complexity index is 1140. The van der Waals surface area contributed by atoms with Crippen LogP contribution in [0.2, 0.25) is 5.02 Å². The molecule has 3 aromatic rings. The molecule has 7 nitrogen and oxygen atoms in total. The summed E-state index contributed by atoms with van der Waals surface area (Å²) in [5, 5.41) is 19.0. The summed E-state index contributed by atoms with van der Waals surface area (Å²) in [6, 6.07) is 8.56. The Labute approximate surface area is 183 Å². The maximum Gasteiger partial charge on any atom is 0.408 e. The van der Waals surface area contributed by atoms with Crippen LogP contribution in [0.4, 0.5) is 9.18 Å². The van der Waals surface area contributed by atoms with Gasteiger partial charge in [-0.05, 0) is 61.6 Å². The van der Waals surface area contributed by atoms with E-state index in [1.165, 1.54) is 11.0 Å². The molecule has 2 aromatic heterocycles. The van der Waals surface area contributed by atoms with Crippen LogP contribution in [0.3, 0.4) is 0 Å². The van der Waals surface area contributed by atoms with Crippen LogP contribution in [0.5, 0.6) is 0 Å². The smallest absolute Gasteiger partial charge is 0.408 e. The quantitative estimate of drug-likeness (QED) is 0.612. The minimum Gasteiger partial charge on any atom is -0.465 e. The summed E-state index contributed by atoms with van der Waals surface area (Å²) in [6.07, 6.45) is 3.93. The van der Waals surface area contributed by atoms with Crippen molar-refractivity contribution in [2.45, 2.75) is 50.6 Å². The van der Waals surface area contributed by atoms with Gasteiger partial charge in [0.05, 0.1) is 24.5 Å². The number of carbonyl (C=O) groups is 1. The number of pyridine rings is 1. The van der Waals surface area contributed by atoms with Crippen molar-refractivity contribution < 1.29 is 14.3 Å². The van der Waals surface area contributed by atoms with Crippen molar-refractivity contribution >= 4 is 17.7 Å². The summed E-state index contributed by atoms with van der Waals surface area (Å²) in [5.74, 6) is 1.42. The molecule has 0 atom stereocenters. The van der Waals surface area contributed by atoms with Crippen LogP contribution >= 0.6 is 11.6 Å². The van der Waals surface area contributed by atoms with Crippen molar-refractivity contribution in [2.24, 2.45) is 0 Å². The van der Waals surface area contributed by atoms with Crippen molar-refractivity contribution in [1.29, 1.82) is 0 Å². The zero-order valence-corrected chi connectivity index (χ0v) is 17.5. The van der Waals surface area contributed by atoms with Crippen LogP contribution in [0.15, 0.2) is 36.5 Å². The van der Waals surface area contributed by atoms with Crippen LogP contribution < -0.4 is 0 Å². The number of carboxylic acid groups (broad SMARTS) is 1. The van der Waals surface area contributed by atoms with Gasteiger partial charge >= 0.3 is 6.09 Å². The number of nitrogens with zero attached hydrogens (tertiary/aromatic N) is 5. The molecule has 31 heavy (non-hydrogen) atoms. The van der Waals surface area contributed by atoms with E-state index in [1.807, 2.05) is 10.6 Å². The van der Waals surface area contributed by atoms with Crippen LogP contribution in [0.1, 0.15) is 60.4 Å². The second-order valence-corrected chi connectivity index (χ2v) is 8.58. The van der Waals surface area contributed by atoms with Gasteiger partial charge in [0.1, 0.15) is 11.6 Å². The van der Waals surface area contributed by atoms with Gasteiger partial charge in [-0.1, -0.05) is 11.6 Å². The summed E-state index contributed by atoms with van der Waals surface area (Å²) in [6.45, 7) is 0.392. The van der Waals surface area contributed by atoms with Crippen LogP contribution in [0.25, 0.3) is 5.69 Å². The number of aromatic nitrogens is 4. The minimum atomic E-state index is -1.01. The first-order valence-corrected chi connectivity index (χ1v) is 10.7. The number of hydrogen-bond donors (Lipinski definition) is 1. The third-order valence-electron chi connectivity index (χ3n) is 6.27. The Hall–Kier alpha value is -3.00. The van der Waals surface area contributed by atoms with E-state index in [4.69, 9.17) is 11.6 Å². The summed E-state index contributed by atoms with van der Waals surface area (Å²) >= 11 is 6.19. The number of amides is 1. The molecule has 0 bridgehead atoms. The molecule has 1 amide bonds. The first-order valence-electron chi connectivity index (χ1n) is 10.3. The highest BCUT2D eigenvalue weighted by Gasteiger charge is 2.32. The van der Waals surface area contributed by atoms with Gasteiger partial charge in [-0.25, -0.2) is 9.18 Å². The molecule has 0 spiro atoms. The van der Waals surface area contributed by atoms with Crippen molar-refractivity contribution in [2.75, 3.05) is 0 Å². The van der Waals surface area contributed by atoms with Gasteiger partial charge in [-0.15, -0.1) is 10.2 Å². The maximum atomic E-state index is 14.2. The molecule has 1 aliphatic carbocycles. The third kappa shape index (κ3) is 3.65. The lowest BCUT2D eigenvalue weighted by molar-refractivity contribution is 0.139. The third-order valence-corrected chi connectivity index (χ3v) is 6.50. The van der Waals surface area contributed by atoms with E-state index in [0.717, 1.165) is 42.8 Å². The lowest BCUT2D eigenvalue weighted by Crippen LogP contribution is -2.27. The molecule has 0 saturated heterocycles. The zero-order chi connectivity index (χ0) is 21.5. The predicted molar refractivity (Wildman–Crippen MR) is 112 cm³/mol. The monoisotopic (exact) mass is 441 g/mol. The van der Waals surface area contributed by atoms with Crippen molar-refractivity contribution in [3.05, 3.63) is 70.3 Å². The van der Waals surface area contributed by atoms with Gasteiger partial charge in [-0.2, -0.15) is 0 Å². The Morgan fingerprint density at radius 3 is 2.61 bits per heavy atom. The molecular formula is C22H21ClFN5O2. The first kappa shape index (κ1) is 19.9. The SMILES string of the molecule is O=C(O)N1Cc2cc(Cl)ccc2-n2c(nnc2[C@H]2CC[C@H](c3ncccc3F)CC2)C1. The normalized spacial score (nSPS) is 20.6. The van der Waals surface area contributed by atoms with E-state index < -0.39 is 6.09 Å². The Balaban J connectivity index is 1.47. The standard InChI is InChI=1S/C22H21ClFN5O2/c23-16-7-8-18-15(10-16)11-28(22(30)31)12-19-26-27-21(29(18)19)14-5-3-13(4-6-14)20-17(24)2-1-9-25-20/h1-2,7-10,13-14H,3-6,11-12H2,(H,30,31)/t13-,14-. The molecule has 1 aliphatic heterocycles. The fraction of sp³-hybridized carbons (Fsp3) is 0.364. The highest BCUT2D eigenvalue weighted by atomic mass is 35.5. The van der Waals surface area contributed by atoms with E-state index in [2.05, 4.69) is 15.2 Å². The van der Waals surface area contributed by atoms with Gasteiger partial charge < -0.3 is 5.11 Å². The molecule has 1 N–H and O–H groups in total. The summed E-state index contributed by atoms with van der Waals surface area (Å²) in [4.78, 5) is 17.3. The van der Waals surface area contributed by atoms with E-state index in [9.17, 15) is 14.3 Å². The zero-order valence-electron chi connectivity index (χ0n) is 16.7. The van der Waals surface area contributed by atoms with Crippen molar-refractivity contribution in [3.8, 4) is 5.69 Å². The number of rotatable bonds is 2. The highest BCUT2D eigenvalue weighted by molar-refractivity contribution is 6.30. The van der Waals surface area contributed by atoms with E-state index >= 15 is 0 Å². The fourth-order valence-corrected chi connectivity index (χ4v) is 4.94. The lowest BCUT2D eigenvalue weighted by atomic mass is 9.79. The van der Waals surface area contributed by atoms with Crippen LogP contribution in [-0.2, 0) is 13.1 Å². The van der Waals surface area contributed by atoms with Gasteiger partial charge in [0, 0.05) is 23.1 Å². The molecule has 0 radical (unpaired) electrons. The summed E-state index contributed by atoms with van der Waals surface area (Å²) in [5.41, 5.74) is 2.22. The number of benzene rings is 1. The molecule has 160 valence electrons. The van der Waals surface area contributed by atoms with Crippen molar-refractivity contribution in [1.82, 2.24) is 24.6 Å². The number of halogens is 2. The number of hydrogen-bond acceptors (Lipinski definition) is 4. The van der Waals surface area contributed by atoms with Crippen LogP contribution in [0, 0.1) is 5.82 Å². The van der Waals surface area contributed by atoms with E-state index in [1.54, 1.807) is 24.4 Å². The molecule has 5 rings (SSSR count). The maximum absolute atomic E-state index is 14.2. The molecule has 9 heteroatoms. The Kier molecular flexibility index (Phi) is 5.09. The Morgan fingerprint density at radius 1 is 1.10 bits per heavy atom. The summed E-state index contributed by atoms with van der Waals surface area (Å²) in [7, 11) is 0. The summed E-state index contributed by atoms with van der Waals surface area (Å²) < 4.78 is 16.1. The second kappa shape index (κ2) is 7.92. The fourth-order valence-electron chi connectivity index (χ4n) is 4.75. The molecule has 1 fully saturated rings. The topological polar surface area (TPSA) is 84.1 Å². The second-order valence-electron chi connectivity index (χ2n) is 8.14. The van der Waals surface area contributed by atoms with Gasteiger partial charge in [0.15, 0.2) is 5.82 Å². The highest BCUT2D eigenvalue weighted by Crippen LogP contribution is 2.41. The average Bonchev–Trinajstić information content (AvgIpc) is 3.10. The molecule has 3 heterocycles. The molecule has 1 aromatic carbocycles. The van der Waals surface area contributed by atoms with Gasteiger partial charge in [0.2, 0.25) is 0 Å². The minimum absolute atomic E-state index is 0.0950. The molecule has 0 unspecified atom stereocenters. The largest absolute Gasteiger partial charge is 0.465 e. The van der Waals surface area contributed by atoms with E-state index in [0.29, 0.717) is 16.5 Å². The van der Waals surface area contributed by atoms with Gasteiger partial charge in [0.25, 0.3) is 0 Å². The first-order chi connectivity index (χ1) is 15.0. The molecule has 1 saturated carbocycles.